The van der Waals surface area contributed by atoms with Crippen LogP contribution < -0.4 is 5.32 Å². The zero-order chi connectivity index (χ0) is 19.5. The summed E-state index contributed by atoms with van der Waals surface area (Å²) in [6.45, 7) is 0. The van der Waals surface area contributed by atoms with E-state index in [9.17, 15) is 4.79 Å². The number of tetrazole rings is 1. The summed E-state index contributed by atoms with van der Waals surface area (Å²) >= 11 is 0. The average Bonchev–Trinajstić information content (AvgIpc) is 3.41. The molecule has 4 aliphatic carbocycles. The molecule has 0 aliphatic heterocycles. The number of hydrogen-bond donors (Lipinski definition) is 1. The van der Waals surface area contributed by atoms with Crippen LogP contribution >= 0.6 is 0 Å². The van der Waals surface area contributed by atoms with E-state index in [1.165, 1.54) is 19.1 Å². The van der Waals surface area contributed by atoms with Gasteiger partial charge in [-0.2, -0.15) is 4.80 Å². The van der Waals surface area contributed by atoms with E-state index in [0.717, 1.165) is 37.7 Å². The molecular formula is C21H22N6O2. The number of carbonyl (C=O) groups excluding carboxylic acids is 1. The van der Waals surface area contributed by atoms with Crippen LogP contribution in [0.25, 0.3) is 11.3 Å². The minimum atomic E-state index is -0.182. The zero-order valence-electron chi connectivity index (χ0n) is 16.0. The topological polar surface area (TPSA) is 98.7 Å². The van der Waals surface area contributed by atoms with E-state index < -0.39 is 0 Å². The van der Waals surface area contributed by atoms with Gasteiger partial charge in [-0.1, -0.05) is 12.1 Å². The smallest absolute Gasteiger partial charge is 0.251 e. The molecule has 4 bridgehead atoms. The molecule has 4 saturated carbocycles. The summed E-state index contributed by atoms with van der Waals surface area (Å²) < 4.78 is 5.33. The second-order valence-corrected chi connectivity index (χ2v) is 9.09. The van der Waals surface area contributed by atoms with E-state index in [2.05, 4.69) is 25.7 Å². The van der Waals surface area contributed by atoms with Crippen molar-refractivity contribution in [3.05, 3.63) is 48.7 Å². The Morgan fingerprint density at radius 2 is 1.93 bits per heavy atom. The van der Waals surface area contributed by atoms with Crippen LogP contribution in [-0.2, 0) is 5.54 Å². The van der Waals surface area contributed by atoms with Gasteiger partial charge in [0.25, 0.3) is 5.91 Å². The van der Waals surface area contributed by atoms with Crippen molar-refractivity contribution in [3.63, 3.8) is 0 Å². The second kappa shape index (κ2) is 5.98. The van der Waals surface area contributed by atoms with E-state index in [1.54, 1.807) is 6.20 Å². The van der Waals surface area contributed by atoms with Gasteiger partial charge in [-0.3, -0.25) is 4.79 Å². The monoisotopic (exact) mass is 390 g/mol. The Hall–Kier alpha value is -3.03. The molecule has 1 N–H and O–H groups in total. The van der Waals surface area contributed by atoms with Crippen molar-refractivity contribution in [3.8, 4) is 11.3 Å². The van der Waals surface area contributed by atoms with Crippen LogP contribution in [0.2, 0.25) is 0 Å². The van der Waals surface area contributed by atoms with Crippen LogP contribution in [0.4, 0.5) is 0 Å². The summed E-state index contributed by atoms with van der Waals surface area (Å²) in [5.74, 6) is 1.89. The molecule has 7 rings (SSSR count). The summed E-state index contributed by atoms with van der Waals surface area (Å²) in [6, 6.07) is 7.50. The molecule has 2 unspecified atom stereocenters. The molecule has 8 heteroatoms. The molecule has 148 valence electrons. The lowest BCUT2D eigenvalue weighted by molar-refractivity contribution is -0.0810. The van der Waals surface area contributed by atoms with Crippen LogP contribution in [-0.4, -0.2) is 36.6 Å². The van der Waals surface area contributed by atoms with E-state index in [0.29, 0.717) is 23.2 Å². The quantitative estimate of drug-likeness (QED) is 0.735. The highest BCUT2D eigenvalue weighted by Gasteiger charge is 2.60. The Kier molecular flexibility index (Phi) is 3.48. The summed E-state index contributed by atoms with van der Waals surface area (Å²) in [5, 5.41) is 16.0. The Morgan fingerprint density at radius 1 is 1.14 bits per heavy atom. The maximum Gasteiger partial charge on any atom is 0.251 e. The molecule has 4 fully saturated rings. The maximum atomic E-state index is 13.1. The van der Waals surface area contributed by atoms with E-state index in [1.807, 2.05) is 29.1 Å². The van der Waals surface area contributed by atoms with Gasteiger partial charge in [-0.05, 0) is 67.7 Å². The molecule has 1 aromatic carbocycles. The number of aromatic nitrogens is 5. The number of nitrogens with one attached hydrogen (secondary N) is 1. The van der Waals surface area contributed by atoms with Gasteiger partial charge in [-0.15, -0.1) is 10.2 Å². The molecule has 2 heterocycles. The lowest BCUT2D eigenvalue weighted by Crippen LogP contribution is -2.66. The molecule has 3 aromatic rings. The van der Waals surface area contributed by atoms with E-state index in [4.69, 9.17) is 4.42 Å². The van der Waals surface area contributed by atoms with Gasteiger partial charge in [-0.25, -0.2) is 4.98 Å². The molecule has 8 nitrogen and oxygen atoms in total. The molecule has 2 aromatic heterocycles. The number of benzene rings is 1. The molecular weight excluding hydrogens is 368 g/mol. The third-order valence-electron chi connectivity index (χ3n) is 7.05. The fourth-order valence-electron chi connectivity index (χ4n) is 6.44. The Balaban J connectivity index is 1.26. The number of hydrogen-bond acceptors (Lipinski definition) is 6. The van der Waals surface area contributed by atoms with Crippen molar-refractivity contribution in [2.24, 2.45) is 11.8 Å². The highest BCUT2D eigenvalue weighted by molar-refractivity contribution is 5.95. The van der Waals surface area contributed by atoms with Gasteiger partial charge in [0.15, 0.2) is 18.5 Å². The van der Waals surface area contributed by atoms with Crippen LogP contribution in [0.3, 0.4) is 0 Å². The van der Waals surface area contributed by atoms with Crippen molar-refractivity contribution in [1.29, 1.82) is 0 Å². The number of carbonyl (C=O) groups is 1. The summed E-state index contributed by atoms with van der Waals surface area (Å²) in [6.07, 6.45) is 11.0. The van der Waals surface area contributed by atoms with Gasteiger partial charge in [0.05, 0.1) is 11.7 Å². The van der Waals surface area contributed by atoms with Crippen LogP contribution in [0.1, 0.15) is 48.9 Å². The predicted molar refractivity (Wildman–Crippen MR) is 103 cm³/mol. The first-order valence-corrected chi connectivity index (χ1v) is 10.2. The van der Waals surface area contributed by atoms with Crippen LogP contribution in [0, 0.1) is 11.8 Å². The lowest BCUT2D eigenvalue weighted by Gasteiger charge is -2.61. The largest absolute Gasteiger partial charge is 0.444 e. The third kappa shape index (κ3) is 2.69. The first-order chi connectivity index (χ1) is 14.1. The van der Waals surface area contributed by atoms with Crippen molar-refractivity contribution in [1.82, 2.24) is 30.5 Å². The first kappa shape index (κ1) is 16.9. The fourth-order valence-corrected chi connectivity index (χ4v) is 6.44. The minimum Gasteiger partial charge on any atom is -0.444 e. The highest BCUT2D eigenvalue weighted by atomic mass is 16.3. The Morgan fingerprint density at radius 3 is 2.59 bits per heavy atom. The molecule has 0 spiro atoms. The van der Waals surface area contributed by atoms with Gasteiger partial charge in [0.2, 0.25) is 0 Å². The van der Waals surface area contributed by atoms with Gasteiger partial charge in [0.1, 0.15) is 0 Å². The maximum absolute atomic E-state index is 13.1. The normalized spacial score (nSPS) is 32.4. The Labute approximate surface area is 167 Å². The molecule has 1 amide bonds. The number of rotatable bonds is 4. The Bertz CT molecular complexity index is 1010. The van der Waals surface area contributed by atoms with Gasteiger partial charge < -0.3 is 9.73 Å². The summed E-state index contributed by atoms with van der Waals surface area (Å²) in [4.78, 5) is 18.9. The van der Waals surface area contributed by atoms with Crippen molar-refractivity contribution < 1.29 is 9.21 Å². The molecule has 0 radical (unpaired) electrons. The summed E-state index contributed by atoms with van der Waals surface area (Å²) in [5.41, 5.74) is 1.28. The zero-order valence-corrected chi connectivity index (χ0v) is 16.0. The van der Waals surface area contributed by atoms with Crippen molar-refractivity contribution in [2.75, 3.05) is 0 Å². The molecule has 4 aliphatic rings. The first-order valence-electron chi connectivity index (χ1n) is 10.2. The highest BCUT2D eigenvalue weighted by Crippen LogP contribution is 2.60. The second-order valence-electron chi connectivity index (χ2n) is 9.09. The van der Waals surface area contributed by atoms with E-state index in [-0.39, 0.29) is 17.0 Å². The van der Waals surface area contributed by atoms with Gasteiger partial charge >= 0.3 is 0 Å². The van der Waals surface area contributed by atoms with Crippen LogP contribution in [0.15, 0.2) is 47.6 Å². The standard InChI is InChI=1S/C21H22N6O2/c28-19(17-3-1-16(2-4-17)18-10-22-13-29-18)25-20-6-14-5-15(7-20)9-21(8-14,11-20)27-24-12-23-26-27/h1-4,10,12-15H,5-9,11H2,(H,25,28). The molecule has 2 atom stereocenters. The minimum absolute atomic E-state index is 0.0160. The predicted octanol–water partition coefficient (Wildman–Crippen LogP) is 2.81. The molecule has 29 heavy (non-hydrogen) atoms. The van der Waals surface area contributed by atoms with Gasteiger partial charge in [0, 0.05) is 16.7 Å². The number of nitrogens with zero attached hydrogens (tertiary/aromatic N) is 5. The number of amides is 1. The lowest BCUT2D eigenvalue weighted by atomic mass is 9.50. The average molecular weight is 390 g/mol. The molecule has 0 saturated heterocycles. The van der Waals surface area contributed by atoms with Crippen molar-refractivity contribution >= 4 is 5.91 Å². The van der Waals surface area contributed by atoms with Crippen LogP contribution in [0.5, 0.6) is 0 Å². The SMILES string of the molecule is O=C(NC12CC3CC(C1)CC(n1ncnn1)(C3)C2)c1ccc(-c2cnco2)cc1. The number of oxazole rings is 1. The van der Waals surface area contributed by atoms with E-state index >= 15 is 0 Å². The summed E-state index contributed by atoms with van der Waals surface area (Å²) in [7, 11) is 0. The third-order valence-corrected chi connectivity index (χ3v) is 7.05. The fraction of sp³-hybridized carbons (Fsp3) is 0.476. The van der Waals surface area contributed by atoms with Crippen molar-refractivity contribution in [2.45, 2.75) is 49.6 Å².